The second-order valence-electron chi connectivity index (χ2n) is 7.69. The number of hydrogen-bond acceptors (Lipinski definition) is 4. The topological polar surface area (TPSA) is 52.6 Å². The molecule has 26 heavy (non-hydrogen) atoms. The number of carbonyl (C=O) groups is 1. The number of thiophene rings is 1. The highest BCUT2D eigenvalue weighted by atomic mass is 32.1. The lowest BCUT2D eigenvalue weighted by Crippen LogP contribution is -2.48. The summed E-state index contributed by atoms with van der Waals surface area (Å²) in [7, 11) is 0. The van der Waals surface area contributed by atoms with E-state index in [9.17, 15) is 9.90 Å². The fourth-order valence-corrected chi connectivity index (χ4v) is 5.57. The molecule has 0 bridgehead atoms. The van der Waals surface area contributed by atoms with E-state index in [0.717, 1.165) is 32.5 Å². The summed E-state index contributed by atoms with van der Waals surface area (Å²) in [5, 5.41) is 13.3. The third-order valence-electron chi connectivity index (χ3n) is 5.71. The highest BCUT2D eigenvalue weighted by molar-refractivity contribution is 7.15. The quantitative estimate of drug-likeness (QED) is 0.869. The largest absolute Gasteiger partial charge is 0.391 e. The van der Waals surface area contributed by atoms with Gasteiger partial charge in [-0.15, -0.1) is 11.3 Å². The first-order valence-corrected chi connectivity index (χ1v) is 10.2. The molecular weight excluding hydrogens is 344 g/mol. The number of nitrogens with zero attached hydrogens (tertiary/aromatic N) is 1. The van der Waals surface area contributed by atoms with Crippen molar-refractivity contribution in [2.75, 3.05) is 13.1 Å². The molecule has 1 saturated carbocycles. The van der Waals surface area contributed by atoms with Crippen LogP contribution in [0.25, 0.3) is 10.4 Å². The van der Waals surface area contributed by atoms with Crippen molar-refractivity contribution >= 4 is 17.2 Å². The van der Waals surface area contributed by atoms with Gasteiger partial charge in [-0.3, -0.25) is 9.69 Å². The maximum atomic E-state index is 11.3. The van der Waals surface area contributed by atoms with E-state index in [4.69, 9.17) is 0 Å². The number of hydrogen-bond donors (Lipinski definition) is 2. The molecule has 1 aliphatic carbocycles. The minimum absolute atomic E-state index is 0.0469. The summed E-state index contributed by atoms with van der Waals surface area (Å²) in [4.78, 5) is 16.6. The summed E-state index contributed by atoms with van der Waals surface area (Å²) in [6.45, 7) is 4.62. The van der Waals surface area contributed by atoms with Crippen LogP contribution in [0.4, 0.5) is 0 Å². The molecule has 4 atom stereocenters. The molecule has 0 unspecified atom stereocenters. The minimum atomic E-state index is -0.411. The highest BCUT2D eigenvalue weighted by Gasteiger charge is 2.41. The third-order valence-corrected chi connectivity index (χ3v) is 6.82. The molecule has 2 heterocycles. The first kappa shape index (κ1) is 17.7. The van der Waals surface area contributed by atoms with Gasteiger partial charge in [0.2, 0.25) is 5.91 Å². The Labute approximate surface area is 158 Å². The molecular formula is C21H26N2O2S. The monoisotopic (exact) mass is 370 g/mol. The van der Waals surface area contributed by atoms with Gasteiger partial charge in [0.05, 0.1) is 12.1 Å². The zero-order valence-corrected chi connectivity index (χ0v) is 15.9. The Kier molecular flexibility index (Phi) is 5.11. The van der Waals surface area contributed by atoms with Gasteiger partial charge in [-0.05, 0) is 42.4 Å². The van der Waals surface area contributed by atoms with Crippen LogP contribution >= 0.6 is 11.3 Å². The Morgan fingerprint density at radius 2 is 1.88 bits per heavy atom. The van der Waals surface area contributed by atoms with Crippen molar-refractivity contribution in [3.8, 4) is 10.4 Å². The average molecular weight is 371 g/mol. The Bertz CT molecular complexity index is 760. The minimum Gasteiger partial charge on any atom is -0.391 e. The summed E-state index contributed by atoms with van der Waals surface area (Å²) >= 11 is 1.87. The predicted octanol–water partition coefficient (Wildman–Crippen LogP) is 3.12. The molecule has 4 rings (SSSR count). The van der Waals surface area contributed by atoms with Gasteiger partial charge in [0, 0.05) is 36.3 Å². The molecule has 1 aliphatic heterocycles. The van der Waals surface area contributed by atoms with E-state index >= 15 is 0 Å². The molecule has 2 aromatic rings. The van der Waals surface area contributed by atoms with E-state index in [-0.39, 0.29) is 11.9 Å². The van der Waals surface area contributed by atoms with E-state index in [1.54, 1.807) is 0 Å². The van der Waals surface area contributed by atoms with Crippen LogP contribution in [-0.2, 0) is 11.3 Å². The molecule has 0 radical (unpaired) electrons. The number of nitrogens with one attached hydrogen (secondary N) is 1. The second-order valence-corrected chi connectivity index (χ2v) is 8.86. The van der Waals surface area contributed by atoms with Gasteiger partial charge in [0.25, 0.3) is 0 Å². The molecule has 2 N–H and O–H groups in total. The molecule has 2 aliphatic rings. The van der Waals surface area contributed by atoms with Crippen molar-refractivity contribution in [2.24, 2.45) is 11.8 Å². The van der Waals surface area contributed by atoms with Crippen molar-refractivity contribution in [2.45, 2.75) is 38.5 Å². The number of aliphatic hydroxyl groups excluding tert-OH is 1. The van der Waals surface area contributed by atoms with Crippen LogP contribution in [0.5, 0.6) is 0 Å². The van der Waals surface area contributed by atoms with Crippen LogP contribution < -0.4 is 5.32 Å². The SMILES string of the molecule is CC(=O)N[C@@H]1C[C@@H]2CN(Cc3ccc(-c4ccccc4)s3)C[C@@H]2C[C@H]1O. The van der Waals surface area contributed by atoms with E-state index in [1.165, 1.54) is 22.2 Å². The van der Waals surface area contributed by atoms with E-state index in [1.807, 2.05) is 17.4 Å². The number of aliphatic hydroxyl groups is 1. The molecule has 138 valence electrons. The number of fused-ring (bicyclic) bond motifs is 1. The first-order valence-electron chi connectivity index (χ1n) is 9.40. The van der Waals surface area contributed by atoms with Crippen molar-refractivity contribution in [3.05, 3.63) is 47.3 Å². The molecule has 1 aromatic carbocycles. The number of benzene rings is 1. The zero-order chi connectivity index (χ0) is 18.1. The Balaban J connectivity index is 1.38. The zero-order valence-electron chi connectivity index (χ0n) is 15.1. The highest BCUT2D eigenvalue weighted by Crippen LogP contribution is 2.38. The van der Waals surface area contributed by atoms with Gasteiger partial charge in [-0.2, -0.15) is 0 Å². The van der Waals surface area contributed by atoms with Crippen LogP contribution in [0, 0.1) is 11.8 Å². The summed E-state index contributed by atoms with van der Waals surface area (Å²) in [5.74, 6) is 1.07. The number of amides is 1. The van der Waals surface area contributed by atoms with Gasteiger partial charge >= 0.3 is 0 Å². The lowest BCUT2D eigenvalue weighted by molar-refractivity contribution is -0.121. The Hall–Kier alpha value is -1.69. The van der Waals surface area contributed by atoms with E-state index in [0.29, 0.717) is 11.8 Å². The summed E-state index contributed by atoms with van der Waals surface area (Å²) in [6, 6.07) is 14.9. The first-order chi connectivity index (χ1) is 12.6. The van der Waals surface area contributed by atoms with Crippen molar-refractivity contribution in [1.29, 1.82) is 0 Å². The van der Waals surface area contributed by atoms with Crippen LogP contribution in [0.3, 0.4) is 0 Å². The summed E-state index contributed by atoms with van der Waals surface area (Å²) < 4.78 is 0. The molecule has 1 amide bonds. The molecule has 4 nitrogen and oxygen atoms in total. The number of rotatable bonds is 4. The normalized spacial score (nSPS) is 28.7. The fourth-order valence-electron chi connectivity index (χ4n) is 4.51. The lowest BCUT2D eigenvalue weighted by Gasteiger charge is -2.35. The van der Waals surface area contributed by atoms with Gasteiger partial charge in [-0.1, -0.05) is 30.3 Å². The molecule has 0 spiro atoms. The van der Waals surface area contributed by atoms with Crippen LogP contribution in [0.15, 0.2) is 42.5 Å². The predicted molar refractivity (Wildman–Crippen MR) is 105 cm³/mol. The summed E-state index contributed by atoms with van der Waals surface area (Å²) in [6.07, 6.45) is 1.28. The second kappa shape index (κ2) is 7.51. The molecule has 1 saturated heterocycles. The smallest absolute Gasteiger partial charge is 0.217 e. The Morgan fingerprint density at radius 1 is 1.15 bits per heavy atom. The standard InChI is InChI=1S/C21H26N2O2S/c1-14(24)22-19-9-16-11-23(12-17(16)10-20(19)25)13-18-7-8-21(26-18)15-5-3-2-4-6-15/h2-8,16-17,19-20,25H,9-13H2,1H3,(H,22,24)/t16-,17+,19-,20-/m1/s1. The van der Waals surface area contributed by atoms with E-state index < -0.39 is 6.10 Å². The average Bonchev–Trinajstić information content (AvgIpc) is 3.22. The van der Waals surface area contributed by atoms with Crippen molar-refractivity contribution < 1.29 is 9.90 Å². The third kappa shape index (κ3) is 3.85. The molecule has 2 fully saturated rings. The number of likely N-dealkylation sites (tertiary alicyclic amines) is 1. The lowest BCUT2D eigenvalue weighted by atomic mass is 9.77. The molecule has 1 aromatic heterocycles. The van der Waals surface area contributed by atoms with Gasteiger partial charge < -0.3 is 10.4 Å². The van der Waals surface area contributed by atoms with Crippen LogP contribution in [0.2, 0.25) is 0 Å². The van der Waals surface area contributed by atoms with Gasteiger partial charge in [-0.25, -0.2) is 0 Å². The van der Waals surface area contributed by atoms with Crippen LogP contribution in [-0.4, -0.2) is 41.1 Å². The molecule has 5 heteroatoms. The number of carbonyl (C=O) groups excluding carboxylic acids is 1. The van der Waals surface area contributed by atoms with Gasteiger partial charge in [0.15, 0.2) is 0 Å². The fraction of sp³-hybridized carbons (Fsp3) is 0.476. The van der Waals surface area contributed by atoms with Gasteiger partial charge in [0.1, 0.15) is 0 Å². The summed E-state index contributed by atoms with van der Waals surface area (Å²) in [5.41, 5.74) is 1.28. The van der Waals surface area contributed by atoms with Crippen molar-refractivity contribution in [3.63, 3.8) is 0 Å². The Morgan fingerprint density at radius 3 is 2.62 bits per heavy atom. The van der Waals surface area contributed by atoms with E-state index in [2.05, 4.69) is 46.6 Å². The maximum absolute atomic E-state index is 11.3. The maximum Gasteiger partial charge on any atom is 0.217 e. The van der Waals surface area contributed by atoms with Crippen molar-refractivity contribution in [1.82, 2.24) is 10.2 Å². The van der Waals surface area contributed by atoms with Crippen LogP contribution in [0.1, 0.15) is 24.6 Å².